The molecule has 0 bridgehead atoms. The topological polar surface area (TPSA) is 91.3 Å². The Hall–Kier alpha value is -2.19. The van der Waals surface area contributed by atoms with Gasteiger partial charge in [-0.25, -0.2) is 9.78 Å². The number of benzene rings is 1. The maximum atomic E-state index is 11.8. The van der Waals surface area contributed by atoms with Crippen molar-refractivity contribution in [1.29, 1.82) is 0 Å². The van der Waals surface area contributed by atoms with Gasteiger partial charge in [0.15, 0.2) is 0 Å². The molecule has 0 aliphatic heterocycles. The van der Waals surface area contributed by atoms with Gasteiger partial charge < -0.3 is 15.7 Å². The third-order valence-electron chi connectivity index (χ3n) is 3.33. The lowest BCUT2D eigenvalue weighted by molar-refractivity contribution is -0.120. The van der Waals surface area contributed by atoms with Crippen LogP contribution >= 0.6 is 21.6 Å². The number of pyridine rings is 1. The number of aromatic nitrogens is 1. The average molecular weight is 392 g/mol. The number of carboxylic acid groups (broad SMARTS) is 1. The fourth-order valence-corrected chi connectivity index (χ4v) is 3.87. The normalized spacial score (nSPS) is 10.3. The van der Waals surface area contributed by atoms with Crippen LogP contribution in [0.4, 0.5) is 5.69 Å². The van der Waals surface area contributed by atoms with Gasteiger partial charge in [-0.05, 0) is 53.6 Å². The first kappa shape index (κ1) is 20.1. The second-order valence-corrected chi connectivity index (χ2v) is 7.77. The van der Waals surface area contributed by atoms with E-state index in [9.17, 15) is 9.59 Å². The number of amides is 1. The molecule has 0 atom stereocenters. The molecule has 1 aromatic carbocycles. The molecule has 0 fully saturated rings. The first-order valence-electron chi connectivity index (χ1n) is 8.19. The zero-order valence-corrected chi connectivity index (χ0v) is 15.8. The summed E-state index contributed by atoms with van der Waals surface area (Å²) in [6, 6.07) is 12.4. The number of nitrogens with zero attached hydrogens (tertiary/aromatic N) is 1. The summed E-state index contributed by atoms with van der Waals surface area (Å²) in [4.78, 5) is 26.7. The van der Waals surface area contributed by atoms with Crippen molar-refractivity contribution in [2.75, 3.05) is 24.2 Å². The zero-order valence-electron chi connectivity index (χ0n) is 14.2. The predicted molar refractivity (Wildman–Crippen MR) is 107 cm³/mol. The lowest BCUT2D eigenvalue weighted by Crippen LogP contribution is -2.25. The maximum Gasteiger partial charge on any atom is 0.335 e. The Balaban J connectivity index is 1.50. The van der Waals surface area contributed by atoms with Gasteiger partial charge in [0.1, 0.15) is 5.03 Å². The summed E-state index contributed by atoms with van der Waals surface area (Å²) in [7, 11) is 3.19. The van der Waals surface area contributed by atoms with Gasteiger partial charge in [-0.2, -0.15) is 0 Å². The third-order valence-corrected chi connectivity index (χ3v) is 5.60. The molecule has 0 saturated heterocycles. The number of carboxylic acids is 1. The van der Waals surface area contributed by atoms with E-state index < -0.39 is 5.97 Å². The van der Waals surface area contributed by atoms with E-state index in [1.165, 1.54) is 0 Å². The Morgan fingerprint density at radius 3 is 2.58 bits per heavy atom. The van der Waals surface area contributed by atoms with Crippen molar-refractivity contribution >= 4 is 39.2 Å². The minimum absolute atomic E-state index is 0.0462. The number of carbonyl (C=O) groups is 2. The van der Waals surface area contributed by atoms with E-state index in [0.29, 0.717) is 19.5 Å². The second-order valence-electron chi connectivity index (χ2n) is 5.34. The fourth-order valence-electron chi connectivity index (χ4n) is 2.00. The summed E-state index contributed by atoms with van der Waals surface area (Å²) in [6.07, 6.45) is 3.03. The highest BCUT2D eigenvalue weighted by Gasteiger charge is 2.03. The Labute approximate surface area is 160 Å². The predicted octanol–water partition coefficient (Wildman–Crippen LogP) is 3.53. The minimum atomic E-state index is -0.934. The number of rotatable bonds is 11. The smallest absolute Gasteiger partial charge is 0.335 e. The molecule has 0 aliphatic rings. The quantitative estimate of drug-likeness (QED) is 0.399. The molecule has 1 amide bonds. The number of anilines is 1. The van der Waals surface area contributed by atoms with Crippen molar-refractivity contribution in [2.45, 2.75) is 17.9 Å². The lowest BCUT2D eigenvalue weighted by atomic mass is 10.2. The van der Waals surface area contributed by atoms with Crippen molar-refractivity contribution in [3.8, 4) is 0 Å². The molecule has 0 saturated carbocycles. The van der Waals surface area contributed by atoms with E-state index in [4.69, 9.17) is 5.11 Å². The van der Waals surface area contributed by atoms with Gasteiger partial charge in [0.05, 0.1) is 5.56 Å². The molecule has 6 nitrogen and oxygen atoms in total. The number of hydrogen-bond donors (Lipinski definition) is 3. The first-order chi connectivity index (χ1) is 12.6. The van der Waals surface area contributed by atoms with Crippen LogP contribution in [0.3, 0.4) is 0 Å². The highest BCUT2D eigenvalue weighted by atomic mass is 33.1. The van der Waals surface area contributed by atoms with Crippen LogP contribution in [0.15, 0.2) is 53.7 Å². The fraction of sp³-hybridized carbons (Fsp3) is 0.278. The van der Waals surface area contributed by atoms with Crippen LogP contribution < -0.4 is 10.6 Å². The number of carbonyl (C=O) groups excluding carboxylic acids is 1. The lowest BCUT2D eigenvalue weighted by Gasteiger charge is -2.08. The van der Waals surface area contributed by atoms with Gasteiger partial charge in [0.25, 0.3) is 0 Å². The number of aromatic carboxylic acids is 1. The van der Waals surface area contributed by atoms with Crippen LogP contribution in [-0.2, 0) is 4.79 Å². The van der Waals surface area contributed by atoms with Crippen LogP contribution in [0.2, 0.25) is 0 Å². The maximum absolute atomic E-state index is 11.8. The van der Waals surface area contributed by atoms with E-state index in [-0.39, 0.29) is 11.5 Å². The Morgan fingerprint density at radius 2 is 1.88 bits per heavy atom. The molecule has 0 radical (unpaired) electrons. The molecule has 1 heterocycles. The summed E-state index contributed by atoms with van der Waals surface area (Å²) in [5, 5.41) is 15.9. The van der Waals surface area contributed by atoms with Crippen LogP contribution in [0.1, 0.15) is 23.2 Å². The van der Waals surface area contributed by atoms with Gasteiger partial charge in [-0.15, -0.1) is 0 Å². The largest absolute Gasteiger partial charge is 0.478 e. The molecule has 1 aromatic heterocycles. The summed E-state index contributed by atoms with van der Waals surface area (Å²) < 4.78 is 0. The van der Waals surface area contributed by atoms with Crippen LogP contribution in [0.5, 0.6) is 0 Å². The summed E-state index contributed by atoms with van der Waals surface area (Å²) in [5.41, 5.74) is 1.13. The summed E-state index contributed by atoms with van der Waals surface area (Å²) in [6.45, 7) is 1.31. The van der Waals surface area contributed by atoms with Gasteiger partial charge in [-0.3, -0.25) is 4.79 Å². The SMILES string of the molecule is O=C(CCSSc1ccccn1)NCCCNc1ccc(C(=O)O)cc1. The van der Waals surface area contributed by atoms with Crippen LogP contribution in [0.25, 0.3) is 0 Å². The van der Waals surface area contributed by atoms with Gasteiger partial charge in [-0.1, -0.05) is 16.9 Å². The summed E-state index contributed by atoms with van der Waals surface area (Å²) in [5.74, 6) is -0.151. The molecule has 0 unspecified atom stereocenters. The molecule has 0 spiro atoms. The van der Waals surface area contributed by atoms with Crippen molar-refractivity contribution in [3.05, 3.63) is 54.2 Å². The van der Waals surface area contributed by atoms with Crippen molar-refractivity contribution in [3.63, 3.8) is 0 Å². The Kier molecular flexibility index (Phi) is 8.85. The molecule has 138 valence electrons. The minimum Gasteiger partial charge on any atom is -0.478 e. The standard InChI is InChI=1S/C18H21N3O3S2/c22-16(9-13-25-26-17-4-1-2-10-21-17)20-12-3-11-19-15-7-5-14(6-8-15)18(23)24/h1-2,4-8,10,19H,3,9,11-13H2,(H,20,22)(H,23,24). The van der Waals surface area contributed by atoms with Gasteiger partial charge >= 0.3 is 5.97 Å². The van der Waals surface area contributed by atoms with Gasteiger partial charge in [0.2, 0.25) is 5.91 Å². The highest BCUT2D eigenvalue weighted by molar-refractivity contribution is 8.76. The number of nitrogens with one attached hydrogen (secondary N) is 2. The van der Waals surface area contributed by atoms with Crippen molar-refractivity contribution < 1.29 is 14.7 Å². The van der Waals surface area contributed by atoms with Crippen molar-refractivity contribution in [2.24, 2.45) is 0 Å². The second kappa shape index (κ2) is 11.4. The van der Waals surface area contributed by atoms with Gasteiger partial charge in [0, 0.05) is 37.1 Å². The number of hydrogen-bond acceptors (Lipinski definition) is 6. The molecule has 0 aliphatic carbocycles. The molecular formula is C18H21N3O3S2. The first-order valence-corrected chi connectivity index (χ1v) is 10.5. The highest BCUT2D eigenvalue weighted by Crippen LogP contribution is 2.29. The molecular weight excluding hydrogens is 370 g/mol. The van der Waals surface area contributed by atoms with Crippen LogP contribution in [0, 0.1) is 0 Å². The monoisotopic (exact) mass is 391 g/mol. The molecule has 26 heavy (non-hydrogen) atoms. The van der Waals surface area contributed by atoms with E-state index in [2.05, 4.69) is 15.6 Å². The molecule has 3 N–H and O–H groups in total. The zero-order chi connectivity index (χ0) is 18.6. The molecule has 2 aromatic rings. The molecule has 8 heteroatoms. The van der Waals surface area contributed by atoms with E-state index in [1.54, 1.807) is 52.1 Å². The Morgan fingerprint density at radius 1 is 1.08 bits per heavy atom. The Bertz CT molecular complexity index is 697. The van der Waals surface area contributed by atoms with E-state index in [1.807, 2.05) is 18.2 Å². The summed E-state index contributed by atoms with van der Waals surface area (Å²) >= 11 is 0. The van der Waals surface area contributed by atoms with E-state index >= 15 is 0 Å². The van der Waals surface area contributed by atoms with Crippen molar-refractivity contribution in [1.82, 2.24) is 10.3 Å². The third kappa shape index (κ3) is 7.79. The molecule has 2 rings (SSSR count). The van der Waals surface area contributed by atoms with E-state index in [0.717, 1.165) is 22.9 Å². The average Bonchev–Trinajstić information content (AvgIpc) is 2.66. The van der Waals surface area contributed by atoms with Crippen LogP contribution in [-0.4, -0.2) is 40.8 Å².